The molecule has 0 atom stereocenters. The average molecular weight is 515 g/mol. The lowest BCUT2D eigenvalue weighted by molar-refractivity contribution is -0.384. The van der Waals surface area contributed by atoms with Crippen LogP contribution < -0.4 is 10.6 Å². The van der Waals surface area contributed by atoms with E-state index in [1.54, 1.807) is 55.5 Å². The second kappa shape index (κ2) is 10.2. The molecule has 0 spiro atoms. The molecule has 9 heteroatoms. The van der Waals surface area contributed by atoms with Gasteiger partial charge in [-0.1, -0.05) is 35.9 Å². The summed E-state index contributed by atoms with van der Waals surface area (Å²) in [7, 11) is 0. The number of benzene rings is 3. The molecule has 3 rings (SSSR count). The van der Waals surface area contributed by atoms with Gasteiger partial charge in [0, 0.05) is 27.3 Å². The average Bonchev–Trinajstić information content (AvgIpc) is 2.75. The second-order valence-electron chi connectivity index (χ2n) is 6.76. The summed E-state index contributed by atoms with van der Waals surface area (Å²) in [6, 6.07) is 17.5. The van der Waals surface area contributed by atoms with Crippen molar-refractivity contribution in [2.45, 2.75) is 6.92 Å². The minimum absolute atomic E-state index is 0.0828. The summed E-state index contributed by atoms with van der Waals surface area (Å²) in [6.45, 7) is 1.78. The molecule has 0 aliphatic carbocycles. The largest absolute Gasteiger partial charge is 0.320 e. The van der Waals surface area contributed by atoms with Gasteiger partial charge in [0.25, 0.3) is 17.5 Å². The number of aryl methyl sites for hydroxylation is 1. The van der Waals surface area contributed by atoms with E-state index in [9.17, 15) is 19.7 Å². The van der Waals surface area contributed by atoms with Gasteiger partial charge in [0.15, 0.2) is 0 Å². The molecule has 0 aliphatic heterocycles. The quantitative estimate of drug-likeness (QED) is 0.249. The Morgan fingerprint density at radius 2 is 1.81 bits per heavy atom. The molecule has 162 valence electrons. The molecule has 2 amide bonds. The minimum Gasteiger partial charge on any atom is -0.320 e. The SMILES string of the molecule is Cc1cc(Cl)ccc1NC(=O)/C(=C/c1cccc([N+](=O)[O-])c1)NC(=O)c1ccccc1Br. The van der Waals surface area contributed by atoms with Crippen LogP contribution in [-0.2, 0) is 4.79 Å². The molecular weight excluding hydrogens is 498 g/mol. The Labute approximate surface area is 197 Å². The van der Waals surface area contributed by atoms with Gasteiger partial charge in [-0.3, -0.25) is 19.7 Å². The van der Waals surface area contributed by atoms with Gasteiger partial charge < -0.3 is 10.6 Å². The first-order valence-corrected chi connectivity index (χ1v) is 10.5. The third kappa shape index (κ3) is 5.81. The van der Waals surface area contributed by atoms with Gasteiger partial charge in [-0.15, -0.1) is 0 Å². The van der Waals surface area contributed by atoms with Crippen LogP contribution in [0.5, 0.6) is 0 Å². The molecular formula is C23H17BrClN3O4. The first kappa shape index (κ1) is 23.2. The van der Waals surface area contributed by atoms with E-state index >= 15 is 0 Å². The molecule has 7 nitrogen and oxygen atoms in total. The molecule has 0 radical (unpaired) electrons. The number of nitrogens with zero attached hydrogens (tertiary/aromatic N) is 1. The van der Waals surface area contributed by atoms with Crippen molar-refractivity contribution in [1.29, 1.82) is 0 Å². The Morgan fingerprint density at radius 1 is 1.06 bits per heavy atom. The normalized spacial score (nSPS) is 11.0. The summed E-state index contributed by atoms with van der Waals surface area (Å²) in [5, 5.41) is 17.0. The number of nitro groups is 1. The second-order valence-corrected chi connectivity index (χ2v) is 8.05. The fourth-order valence-electron chi connectivity index (χ4n) is 2.85. The van der Waals surface area contributed by atoms with Crippen molar-refractivity contribution < 1.29 is 14.5 Å². The third-order valence-corrected chi connectivity index (χ3v) is 5.37. The highest BCUT2D eigenvalue weighted by Gasteiger charge is 2.18. The molecule has 0 heterocycles. The van der Waals surface area contributed by atoms with Gasteiger partial charge in [0.05, 0.1) is 10.5 Å². The Morgan fingerprint density at radius 3 is 2.50 bits per heavy atom. The predicted molar refractivity (Wildman–Crippen MR) is 128 cm³/mol. The minimum atomic E-state index is -0.595. The van der Waals surface area contributed by atoms with E-state index in [-0.39, 0.29) is 11.4 Å². The number of nitro benzene ring substituents is 1. The predicted octanol–water partition coefficient (Wildman–Crippen LogP) is 5.73. The molecule has 32 heavy (non-hydrogen) atoms. The molecule has 0 bridgehead atoms. The number of nitrogens with one attached hydrogen (secondary N) is 2. The Hall–Kier alpha value is -3.49. The summed E-state index contributed by atoms with van der Waals surface area (Å²) in [4.78, 5) is 36.4. The maximum atomic E-state index is 13.1. The number of amides is 2. The number of hydrogen-bond donors (Lipinski definition) is 2. The number of rotatable bonds is 6. The fraction of sp³-hybridized carbons (Fsp3) is 0.0435. The Bertz CT molecular complexity index is 1240. The van der Waals surface area contributed by atoms with E-state index in [0.717, 1.165) is 5.56 Å². The molecule has 0 unspecified atom stereocenters. The lowest BCUT2D eigenvalue weighted by Gasteiger charge is -2.13. The van der Waals surface area contributed by atoms with E-state index in [1.165, 1.54) is 24.3 Å². The highest BCUT2D eigenvalue weighted by molar-refractivity contribution is 9.10. The van der Waals surface area contributed by atoms with E-state index in [0.29, 0.717) is 26.3 Å². The first-order valence-electron chi connectivity index (χ1n) is 9.34. The Balaban J connectivity index is 1.97. The van der Waals surface area contributed by atoms with Crippen molar-refractivity contribution in [1.82, 2.24) is 5.32 Å². The van der Waals surface area contributed by atoms with Crippen LogP contribution in [0.15, 0.2) is 76.9 Å². The topological polar surface area (TPSA) is 101 Å². The first-order chi connectivity index (χ1) is 15.2. The monoisotopic (exact) mass is 513 g/mol. The third-order valence-electron chi connectivity index (χ3n) is 4.44. The maximum Gasteiger partial charge on any atom is 0.272 e. The lowest BCUT2D eigenvalue weighted by atomic mass is 10.1. The van der Waals surface area contributed by atoms with E-state index < -0.39 is 16.7 Å². The summed E-state index contributed by atoms with van der Waals surface area (Å²) >= 11 is 9.29. The standard InChI is InChI=1S/C23H17BrClN3O4/c1-14-11-16(25)9-10-20(14)26-23(30)21(13-15-5-4-6-17(12-15)28(31)32)27-22(29)18-7-2-3-8-19(18)24/h2-13H,1H3,(H,26,30)(H,27,29)/b21-13-. The zero-order chi connectivity index (χ0) is 23.3. The molecule has 0 saturated carbocycles. The van der Waals surface area contributed by atoms with Crippen LogP contribution in [0.3, 0.4) is 0 Å². The van der Waals surface area contributed by atoms with Crippen molar-refractivity contribution in [3.05, 3.63) is 109 Å². The highest BCUT2D eigenvalue weighted by Crippen LogP contribution is 2.22. The van der Waals surface area contributed by atoms with Crippen molar-refractivity contribution in [2.24, 2.45) is 0 Å². The van der Waals surface area contributed by atoms with E-state index in [4.69, 9.17) is 11.6 Å². The van der Waals surface area contributed by atoms with Crippen LogP contribution in [0.4, 0.5) is 11.4 Å². The lowest BCUT2D eigenvalue weighted by Crippen LogP contribution is -2.31. The van der Waals surface area contributed by atoms with Gasteiger partial charge in [-0.25, -0.2) is 0 Å². The summed E-state index contributed by atoms with van der Waals surface area (Å²) in [5.41, 5.74) is 1.74. The molecule has 3 aromatic rings. The molecule has 3 aromatic carbocycles. The summed E-state index contributed by atoms with van der Waals surface area (Å²) in [5.74, 6) is -1.11. The van der Waals surface area contributed by atoms with Crippen LogP contribution in [-0.4, -0.2) is 16.7 Å². The highest BCUT2D eigenvalue weighted by atomic mass is 79.9. The van der Waals surface area contributed by atoms with Crippen LogP contribution >= 0.6 is 27.5 Å². The number of anilines is 1. The van der Waals surface area contributed by atoms with Crippen molar-refractivity contribution in [3.8, 4) is 0 Å². The van der Waals surface area contributed by atoms with Crippen LogP contribution in [0.1, 0.15) is 21.5 Å². The van der Waals surface area contributed by atoms with E-state index in [2.05, 4.69) is 26.6 Å². The van der Waals surface area contributed by atoms with E-state index in [1.807, 2.05) is 0 Å². The van der Waals surface area contributed by atoms with Crippen LogP contribution in [0, 0.1) is 17.0 Å². The van der Waals surface area contributed by atoms with Gasteiger partial charge in [0.2, 0.25) is 0 Å². The maximum absolute atomic E-state index is 13.1. The zero-order valence-electron chi connectivity index (χ0n) is 16.8. The molecule has 2 N–H and O–H groups in total. The summed E-state index contributed by atoms with van der Waals surface area (Å²) in [6.07, 6.45) is 1.38. The van der Waals surface area contributed by atoms with Gasteiger partial charge in [-0.2, -0.15) is 0 Å². The number of carbonyl (C=O) groups excluding carboxylic acids is 2. The number of halogens is 2. The van der Waals surface area contributed by atoms with Crippen molar-refractivity contribution in [3.63, 3.8) is 0 Å². The Kier molecular flexibility index (Phi) is 7.40. The summed E-state index contributed by atoms with van der Waals surface area (Å²) < 4.78 is 0.557. The number of hydrogen-bond acceptors (Lipinski definition) is 4. The van der Waals surface area contributed by atoms with Gasteiger partial charge in [-0.05, 0) is 70.4 Å². The number of carbonyl (C=O) groups is 2. The smallest absolute Gasteiger partial charge is 0.272 e. The number of non-ortho nitro benzene ring substituents is 1. The molecule has 0 aromatic heterocycles. The van der Waals surface area contributed by atoms with Crippen molar-refractivity contribution in [2.75, 3.05) is 5.32 Å². The van der Waals surface area contributed by atoms with Crippen LogP contribution in [0.2, 0.25) is 5.02 Å². The molecule has 0 aliphatic rings. The molecule has 0 saturated heterocycles. The van der Waals surface area contributed by atoms with Crippen LogP contribution in [0.25, 0.3) is 6.08 Å². The molecule has 0 fully saturated rings. The fourth-order valence-corrected chi connectivity index (χ4v) is 3.54. The zero-order valence-corrected chi connectivity index (χ0v) is 19.1. The van der Waals surface area contributed by atoms with Gasteiger partial charge in [0.1, 0.15) is 5.70 Å². The van der Waals surface area contributed by atoms with Gasteiger partial charge >= 0.3 is 0 Å². The van der Waals surface area contributed by atoms with Crippen molar-refractivity contribution >= 4 is 56.8 Å².